The van der Waals surface area contributed by atoms with Crippen molar-refractivity contribution in [3.63, 3.8) is 0 Å². The van der Waals surface area contributed by atoms with Gasteiger partial charge in [-0.3, -0.25) is 9.78 Å². The second kappa shape index (κ2) is 6.67. The van der Waals surface area contributed by atoms with Crippen molar-refractivity contribution < 1.29 is 8.42 Å². The maximum Gasteiger partial charge on any atom is 0.326 e. The number of H-pyrrole nitrogens is 2. The van der Waals surface area contributed by atoms with Crippen LogP contribution in [-0.4, -0.2) is 30.5 Å². The molecule has 1 aliphatic rings. The lowest BCUT2D eigenvalue weighted by Crippen LogP contribution is -2.51. The normalized spacial score (nSPS) is 16.9. The lowest BCUT2D eigenvalue weighted by Gasteiger charge is -2.28. The summed E-state index contributed by atoms with van der Waals surface area (Å²) >= 11 is 0. The number of fused-ring (bicyclic) bond motifs is 1. The second-order valence-corrected chi connectivity index (χ2v) is 7.60. The van der Waals surface area contributed by atoms with E-state index in [1.807, 2.05) is 0 Å². The van der Waals surface area contributed by atoms with E-state index in [2.05, 4.69) is 14.7 Å². The molecule has 0 spiro atoms. The number of sulfonamides is 1. The van der Waals surface area contributed by atoms with Crippen LogP contribution in [0.1, 0.15) is 25.7 Å². The van der Waals surface area contributed by atoms with Gasteiger partial charge in [-0.1, -0.05) is 12.8 Å². The molecule has 5 N–H and O–H groups in total. The summed E-state index contributed by atoms with van der Waals surface area (Å²) in [5, 5.41) is 0.112. The molecule has 10 heteroatoms. The molecular formula is C14H19ClN4O4S. The number of nitrogens with one attached hydrogen (secondary N) is 3. The first-order valence-electron chi connectivity index (χ1n) is 7.36. The molecule has 1 aromatic heterocycles. The first-order chi connectivity index (χ1) is 10.9. The van der Waals surface area contributed by atoms with Crippen LogP contribution in [0.15, 0.2) is 32.7 Å². The lowest BCUT2D eigenvalue weighted by atomic mass is 10.0. The number of benzene rings is 1. The van der Waals surface area contributed by atoms with Gasteiger partial charge in [0.05, 0.1) is 15.8 Å². The van der Waals surface area contributed by atoms with Gasteiger partial charge in [-0.25, -0.2) is 17.9 Å². The smallest absolute Gasteiger partial charge is 0.326 e. The van der Waals surface area contributed by atoms with Crippen molar-refractivity contribution in [2.24, 2.45) is 5.73 Å². The van der Waals surface area contributed by atoms with Crippen molar-refractivity contribution in [1.29, 1.82) is 0 Å². The van der Waals surface area contributed by atoms with Crippen molar-refractivity contribution in [2.75, 3.05) is 6.54 Å². The van der Waals surface area contributed by atoms with Crippen LogP contribution in [0.4, 0.5) is 0 Å². The van der Waals surface area contributed by atoms with Crippen LogP contribution >= 0.6 is 12.4 Å². The van der Waals surface area contributed by atoms with Gasteiger partial charge in [0, 0.05) is 12.1 Å². The summed E-state index contributed by atoms with van der Waals surface area (Å²) in [4.78, 5) is 27.6. The molecule has 1 heterocycles. The molecule has 0 bridgehead atoms. The van der Waals surface area contributed by atoms with Crippen LogP contribution in [0.2, 0.25) is 0 Å². The second-order valence-electron chi connectivity index (χ2n) is 5.91. The first kappa shape index (κ1) is 18.7. The molecule has 24 heavy (non-hydrogen) atoms. The Labute approximate surface area is 144 Å². The molecule has 1 aromatic carbocycles. The molecule has 1 saturated carbocycles. The minimum absolute atomic E-state index is 0. The zero-order valence-electron chi connectivity index (χ0n) is 12.8. The summed E-state index contributed by atoms with van der Waals surface area (Å²) in [6, 6.07) is 4.02. The molecule has 0 amide bonds. The summed E-state index contributed by atoms with van der Waals surface area (Å²) in [6.07, 6.45) is 3.26. The molecule has 2 aromatic rings. The lowest BCUT2D eigenvalue weighted by molar-refractivity contribution is 0.399. The van der Waals surface area contributed by atoms with Gasteiger partial charge >= 0.3 is 5.69 Å². The zero-order chi connectivity index (χ0) is 16.7. The Morgan fingerprint density at radius 2 is 1.83 bits per heavy atom. The average Bonchev–Trinajstić information content (AvgIpc) is 2.95. The molecule has 8 nitrogen and oxygen atoms in total. The number of halogens is 1. The highest BCUT2D eigenvalue weighted by Crippen LogP contribution is 2.30. The van der Waals surface area contributed by atoms with Crippen LogP contribution in [0.5, 0.6) is 0 Å². The van der Waals surface area contributed by atoms with E-state index in [1.165, 1.54) is 18.2 Å². The van der Waals surface area contributed by atoms with E-state index in [0.717, 1.165) is 12.8 Å². The third-order valence-corrected chi connectivity index (χ3v) is 5.90. The predicted molar refractivity (Wildman–Crippen MR) is 93.0 cm³/mol. The van der Waals surface area contributed by atoms with Gasteiger partial charge in [0.25, 0.3) is 5.56 Å². The summed E-state index contributed by atoms with van der Waals surface area (Å²) in [7, 11) is -3.81. The molecule has 3 rings (SSSR count). The van der Waals surface area contributed by atoms with E-state index in [-0.39, 0.29) is 34.8 Å². The summed E-state index contributed by atoms with van der Waals surface area (Å²) in [6.45, 7) is 0.230. The highest BCUT2D eigenvalue weighted by atomic mass is 35.5. The zero-order valence-corrected chi connectivity index (χ0v) is 14.4. The Bertz CT molecular complexity index is 961. The summed E-state index contributed by atoms with van der Waals surface area (Å²) < 4.78 is 27.9. The van der Waals surface area contributed by atoms with Crippen LogP contribution in [0.25, 0.3) is 10.9 Å². The first-order valence-corrected chi connectivity index (χ1v) is 8.84. The number of hydrogen-bond acceptors (Lipinski definition) is 5. The van der Waals surface area contributed by atoms with E-state index in [1.54, 1.807) is 0 Å². The minimum atomic E-state index is -3.81. The predicted octanol–water partition coefficient (Wildman–Crippen LogP) is 0.188. The van der Waals surface area contributed by atoms with Crippen LogP contribution < -0.4 is 21.7 Å². The van der Waals surface area contributed by atoms with E-state index in [9.17, 15) is 18.0 Å². The van der Waals surface area contributed by atoms with Gasteiger partial charge < -0.3 is 10.7 Å². The molecule has 1 fully saturated rings. The van der Waals surface area contributed by atoms with Crippen LogP contribution in [-0.2, 0) is 10.0 Å². The van der Waals surface area contributed by atoms with Gasteiger partial charge in [-0.15, -0.1) is 12.4 Å². The number of hydrogen-bond donors (Lipinski definition) is 4. The fourth-order valence-electron chi connectivity index (χ4n) is 3.05. The van der Waals surface area contributed by atoms with Gasteiger partial charge in [0.15, 0.2) is 0 Å². The molecule has 0 saturated heterocycles. The summed E-state index contributed by atoms with van der Waals surface area (Å²) in [5.74, 6) is 0. The van der Waals surface area contributed by atoms with Crippen molar-refractivity contribution in [3.8, 4) is 0 Å². The largest absolute Gasteiger partial charge is 0.329 e. The number of rotatable bonds is 4. The highest BCUT2D eigenvalue weighted by Gasteiger charge is 2.36. The maximum absolute atomic E-state index is 12.6. The average molecular weight is 375 g/mol. The van der Waals surface area contributed by atoms with Gasteiger partial charge in [0.2, 0.25) is 10.0 Å². The van der Waals surface area contributed by atoms with Crippen molar-refractivity contribution in [3.05, 3.63) is 39.0 Å². The molecule has 0 atom stereocenters. The Kier molecular flexibility index (Phi) is 5.19. The van der Waals surface area contributed by atoms with E-state index in [4.69, 9.17) is 5.73 Å². The SMILES string of the molecule is Cl.NCC1(NS(=O)(=O)c2ccc3[nH]c(=O)[nH]c(=O)c3c2)CCCC1. The molecule has 0 unspecified atom stereocenters. The van der Waals surface area contributed by atoms with E-state index < -0.39 is 26.8 Å². The quantitative estimate of drug-likeness (QED) is 0.605. The van der Waals surface area contributed by atoms with Crippen LogP contribution in [0, 0.1) is 0 Å². The van der Waals surface area contributed by atoms with Gasteiger partial charge in [-0.05, 0) is 31.0 Å². The molecule has 0 radical (unpaired) electrons. The fraction of sp³-hybridized carbons (Fsp3) is 0.429. The topological polar surface area (TPSA) is 138 Å². The van der Waals surface area contributed by atoms with E-state index in [0.29, 0.717) is 12.8 Å². The molecule has 1 aliphatic carbocycles. The van der Waals surface area contributed by atoms with Gasteiger partial charge in [-0.2, -0.15) is 0 Å². The minimum Gasteiger partial charge on any atom is -0.329 e. The van der Waals surface area contributed by atoms with Crippen molar-refractivity contribution in [2.45, 2.75) is 36.1 Å². The Balaban J connectivity index is 0.00000208. The summed E-state index contributed by atoms with van der Waals surface area (Å²) in [5.41, 5.74) is 4.16. The Morgan fingerprint density at radius 1 is 1.17 bits per heavy atom. The fourth-order valence-corrected chi connectivity index (χ4v) is 4.55. The van der Waals surface area contributed by atoms with E-state index >= 15 is 0 Å². The third kappa shape index (κ3) is 3.39. The molecule has 0 aliphatic heterocycles. The Hall–Kier alpha value is -1.68. The van der Waals surface area contributed by atoms with Gasteiger partial charge in [0.1, 0.15) is 0 Å². The monoisotopic (exact) mass is 374 g/mol. The number of nitrogens with two attached hydrogens (primary N) is 1. The standard InChI is InChI=1S/C14H18N4O4S.ClH/c15-8-14(5-1-2-6-14)18-23(21,22)9-3-4-11-10(7-9)12(19)17-13(20)16-11;/h3-4,7,18H,1-2,5-6,8,15H2,(H2,16,17,19,20);1H. The van der Waals surface area contributed by atoms with Crippen molar-refractivity contribution >= 4 is 33.3 Å². The van der Waals surface area contributed by atoms with Crippen molar-refractivity contribution in [1.82, 2.24) is 14.7 Å². The number of aromatic nitrogens is 2. The Morgan fingerprint density at radius 3 is 2.46 bits per heavy atom. The number of aromatic amines is 2. The maximum atomic E-state index is 12.6. The molecular weight excluding hydrogens is 356 g/mol. The van der Waals surface area contributed by atoms with Crippen LogP contribution in [0.3, 0.4) is 0 Å². The highest BCUT2D eigenvalue weighted by molar-refractivity contribution is 7.89. The third-order valence-electron chi connectivity index (χ3n) is 4.32. The molecule has 132 valence electrons.